The molecule has 1 amide bonds. The van der Waals surface area contributed by atoms with Crippen molar-refractivity contribution in [2.24, 2.45) is 5.73 Å². The average molecular weight is 264 g/mol. The summed E-state index contributed by atoms with van der Waals surface area (Å²) in [5, 5.41) is 0. The summed E-state index contributed by atoms with van der Waals surface area (Å²) in [7, 11) is 0. The van der Waals surface area contributed by atoms with Crippen LogP contribution in [0.4, 0.5) is 0 Å². The van der Waals surface area contributed by atoms with Gasteiger partial charge in [-0.3, -0.25) is 4.79 Å². The van der Waals surface area contributed by atoms with Crippen LogP contribution >= 0.6 is 0 Å². The van der Waals surface area contributed by atoms with Gasteiger partial charge in [-0.1, -0.05) is 6.92 Å². The molecular formula is C14H24N4O. The highest BCUT2D eigenvalue weighted by molar-refractivity contribution is 5.85. The number of nitrogens with zero attached hydrogens (tertiary/aromatic N) is 3. The number of imidazole rings is 1. The standard InChI is InChI=1S/C14H24N4O/c1-4-12-16-7-9-18(12)11-6-5-8-17(10-11)13(19)14(2,3)15/h7,9,11H,4-6,8,10,15H2,1-3H3. The Morgan fingerprint density at radius 2 is 2.32 bits per heavy atom. The van der Waals surface area contributed by atoms with E-state index in [0.29, 0.717) is 6.04 Å². The monoisotopic (exact) mass is 264 g/mol. The molecule has 106 valence electrons. The van der Waals surface area contributed by atoms with Gasteiger partial charge >= 0.3 is 0 Å². The molecule has 2 heterocycles. The van der Waals surface area contributed by atoms with Crippen LogP contribution in [0.1, 0.15) is 45.5 Å². The zero-order chi connectivity index (χ0) is 14.0. The fourth-order valence-corrected chi connectivity index (χ4v) is 2.72. The molecule has 1 aliphatic rings. The van der Waals surface area contributed by atoms with E-state index in [0.717, 1.165) is 38.2 Å². The van der Waals surface area contributed by atoms with Gasteiger partial charge < -0.3 is 15.2 Å². The summed E-state index contributed by atoms with van der Waals surface area (Å²) in [6.45, 7) is 7.20. The molecule has 1 fully saturated rings. The van der Waals surface area contributed by atoms with Gasteiger partial charge in [-0.15, -0.1) is 0 Å². The van der Waals surface area contributed by atoms with Gasteiger partial charge in [-0.2, -0.15) is 0 Å². The molecule has 2 rings (SSSR count). The van der Waals surface area contributed by atoms with Crippen LogP contribution in [0.2, 0.25) is 0 Å². The molecule has 0 bridgehead atoms. The van der Waals surface area contributed by atoms with E-state index in [-0.39, 0.29) is 5.91 Å². The number of piperidine rings is 1. The molecule has 0 spiro atoms. The number of carbonyl (C=O) groups is 1. The SMILES string of the molecule is CCc1nccn1C1CCCN(C(=O)C(C)(C)N)C1. The van der Waals surface area contributed by atoms with E-state index in [1.807, 2.05) is 17.3 Å². The minimum atomic E-state index is -0.787. The smallest absolute Gasteiger partial charge is 0.242 e. The number of hydrogen-bond donors (Lipinski definition) is 1. The molecule has 1 aromatic rings. The lowest BCUT2D eigenvalue weighted by molar-refractivity contribution is -0.137. The van der Waals surface area contributed by atoms with Gasteiger partial charge in [0.2, 0.25) is 5.91 Å². The van der Waals surface area contributed by atoms with E-state index in [2.05, 4.69) is 16.5 Å². The van der Waals surface area contributed by atoms with Crippen LogP contribution in [0.25, 0.3) is 0 Å². The quantitative estimate of drug-likeness (QED) is 0.896. The molecule has 5 nitrogen and oxygen atoms in total. The van der Waals surface area contributed by atoms with Gasteiger partial charge in [0.1, 0.15) is 5.82 Å². The molecular weight excluding hydrogens is 240 g/mol. The highest BCUT2D eigenvalue weighted by Crippen LogP contribution is 2.24. The number of aromatic nitrogens is 2. The Kier molecular flexibility index (Phi) is 3.94. The van der Waals surface area contributed by atoms with E-state index in [4.69, 9.17) is 5.73 Å². The van der Waals surface area contributed by atoms with Crippen molar-refractivity contribution in [3.05, 3.63) is 18.2 Å². The van der Waals surface area contributed by atoms with Crippen LogP contribution in [0.15, 0.2) is 12.4 Å². The fraction of sp³-hybridized carbons (Fsp3) is 0.714. The topological polar surface area (TPSA) is 64.2 Å². The highest BCUT2D eigenvalue weighted by atomic mass is 16.2. The summed E-state index contributed by atoms with van der Waals surface area (Å²) in [6.07, 6.45) is 6.89. The molecule has 5 heteroatoms. The van der Waals surface area contributed by atoms with Gasteiger partial charge in [0, 0.05) is 31.9 Å². The lowest BCUT2D eigenvalue weighted by atomic mass is 10.00. The maximum absolute atomic E-state index is 12.3. The van der Waals surface area contributed by atoms with Crippen molar-refractivity contribution < 1.29 is 4.79 Å². The molecule has 1 aromatic heterocycles. The third-order valence-corrected chi connectivity index (χ3v) is 3.69. The zero-order valence-corrected chi connectivity index (χ0v) is 12.1. The summed E-state index contributed by atoms with van der Waals surface area (Å²) >= 11 is 0. The molecule has 1 aliphatic heterocycles. The Balaban J connectivity index is 2.12. The molecule has 0 aliphatic carbocycles. The van der Waals surface area contributed by atoms with Crippen LogP contribution in [0.3, 0.4) is 0 Å². The number of carbonyl (C=O) groups excluding carboxylic acids is 1. The number of likely N-dealkylation sites (tertiary alicyclic amines) is 1. The molecule has 1 saturated heterocycles. The predicted octanol–water partition coefficient (Wildman–Crippen LogP) is 1.35. The van der Waals surface area contributed by atoms with Gasteiger partial charge in [0.05, 0.1) is 11.6 Å². The maximum atomic E-state index is 12.3. The summed E-state index contributed by atoms with van der Waals surface area (Å²) in [4.78, 5) is 18.5. The first-order chi connectivity index (χ1) is 8.93. The number of amides is 1. The Labute approximate surface area is 114 Å². The molecule has 0 aromatic carbocycles. The Morgan fingerprint density at radius 1 is 1.58 bits per heavy atom. The minimum Gasteiger partial charge on any atom is -0.339 e. The second kappa shape index (κ2) is 5.33. The van der Waals surface area contributed by atoms with Crippen molar-refractivity contribution in [2.45, 2.75) is 51.6 Å². The second-order valence-corrected chi connectivity index (χ2v) is 5.87. The number of rotatable bonds is 3. The van der Waals surface area contributed by atoms with Crippen LogP contribution < -0.4 is 5.73 Å². The van der Waals surface area contributed by atoms with E-state index in [9.17, 15) is 4.79 Å². The normalized spacial score (nSPS) is 20.6. The van der Waals surface area contributed by atoms with Crippen molar-refractivity contribution in [3.8, 4) is 0 Å². The van der Waals surface area contributed by atoms with Gasteiger partial charge in [0.15, 0.2) is 0 Å². The molecule has 0 saturated carbocycles. The van der Waals surface area contributed by atoms with Crippen LogP contribution in [0, 0.1) is 0 Å². The predicted molar refractivity (Wildman–Crippen MR) is 74.7 cm³/mol. The first-order valence-electron chi connectivity index (χ1n) is 7.03. The minimum absolute atomic E-state index is 0.0374. The fourth-order valence-electron chi connectivity index (χ4n) is 2.72. The third kappa shape index (κ3) is 2.97. The lowest BCUT2D eigenvalue weighted by Crippen LogP contribution is -2.53. The molecule has 1 unspecified atom stereocenters. The van der Waals surface area contributed by atoms with Crippen molar-refractivity contribution >= 4 is 5.91 Å². The molecule has 0 radical (unpaired) electrons. The van der Waals surface area contributed by atoms with Crippen LogP contribution in [-0.2, 0) is 11.2 Å². The summed E-state index contributed by atoms with van der Waals surface area (Å²) < 4.78 is 2.21. The van der Waals surface area contributed by atoms with E-state index < -0.39 is 5.54 Å². The second-order valence-electron chi connectivity index (χ2n) is 5.87. The average Bonchev–Trinajstić information content (AvgIpc) is 2.85. The van der Waals surface area contributed by atoms with Gasteiger partial charge in [-0.25, -0.2) is 4.98 Å². The summed E-state index contributed by atoms with van der Waals surface area (Å²) in [6, 6.07) is 0.331. The van der Waals surface area contributed by atoms with Gasteiger partial charge in [0.25, 0.3) is 0 Å². The first kappa shape index (κ1) is 14.1. The van der Waals surface area contributed by atoms with E-state index in [1.54, 1.807) is 13.8 Å². The Morgan fingerprint density at radius 3 is 2.95 bits per heavy atom. The summed E-state index contributed by atoms with van der Waals surface area (Å²) in [5.74, 6) is 1.13. The van der Waals surface area contributed by atoms with Crippen molar-refractivity contribution in [1.82, 2.24) is 14.5 Å². The first-order valence-corrected chi connectivity index (χ1v) is 7.03. The van der Waals surface area contributed by atoms with Crippen molar-refractivity contribution in [3.63, 3.8) is 0 Å². The van der Waals surface area contributed by atoms with Gasteiger partial charge in [-0.05, 0) is 26.7 Å². The Hall–Kier alpha value is -1.36. The lowest BCUT2D eigenvalue weighted by Gasteiger charge is -2.37. The maximum Gasteiger partial charge on any atom is 0.242 e. The number of hydrogen-bond acceptors (Lipinski definition) is 3. The van der Waals surface area contributed by atoms with Crippen LogP contribution in [0.5, 0.6) is 0 Å². The molecule has 1 atom stereocenters. The molecule has 19 heavy (non-hydrogen) atoms. The van der Waals surface area contributed by atoms with Crippen molar-refractivity contribution in [1.29, 1.82) is 0 Å². The number of aryl methyl sites for hydroxylation is 1. The third-order valence-electron chi connectivity index (χ3n) is 3.69. The molecule has 2 N–H and O–H groups in total. The van der Waals surface area contributed by atoms with E-state index >= 15 is 0 Å². The number of nitrogens with two attached hydrogens (primary N) is 1. The highest BCUT2D eigenvalue weighted by Gasteiger charge is 2.32. The Bertz CT molecular complexity index is 447. The van der Waals surface area contributed by atoms with Crippen LogP contribution in [-0.4, -0.2) is 39.0 Å². The van der Waals surface area contributed by atoms with Crippen molar-refractivity contribution in [2.75, 3.05) is 13.1 Å². The largest absolute Gasteiger partial charge is 0.339 e. The van der Waals surface area contributed by atoms with E-state index in [1.165, 1.54) is 0 Å². The summed E-state index contributed by atoms with van der Waals surface area (Å²) in [5.41, 5.74) is 5.13. The zero-order valence-electron chi connectivity index (χ0n) is 12.1.